The topological polar surface area (TPSA) is 45.5 Å². The van der Waals surface area contributed by atoms with Crippen LogP contribution < -0.4 is 10.2 Å². The summed E-state index contributed by atoms with van der Waals surface area (Å²) in [6.07, 6.45) is 2.70. The Kier molecular flexibility index (Phi) is 4.71. The molecule has 4 nitrogen and oxygen atoms in total. The zero-order chi connectivity index (χ0) is 18.8. The van der Waals surface area contributed by atoms with E-state index in [1.165, 1.54) is 16.8 Å². The van der Waals surface area contributed by atoms with Crippen molar-refractivity contribution in [3.05, 3.63) is 88.9 Å². The highest BCUT2D eigenvalue weighted by Gasteiger charge is 2.29. The van der Waals surface area contributed by atoms with Crippen LogP contribution in [0.2, 0.25) is 0 Å². The Hall–Kier alpha value is -3.01. The molecule has 2 aromatic carbocycles. The maximum absolute atomic E-state index is 12.7. The summed E-state index contributed by atoms with van der Waals surface area (Å²) < 4.78 is 5.70. The largest absolute Gasteiger partial charge is 0.467 e. The predicted molar refractivity (Wildman–Crippen MR) is 107 cm³/mol. The van der Waals surface area contributed by atoms with Crippen molar-refractivity contribution in [1.29, 1.82) is 0 Å². The lowest BCUT2D eigenvalue weighted by molar-refractivity contribution is 0.0950. The van der Waals surface area contributed by atoms with Gasteiger partial charge in [-0.2, -0.15) is 0 Å². The van der Waals surface area contributed by atoms with Crippen LogP contribution in [-0.4, -0.2) is 19.0 Å². The van der Waals surface area contributed by atoms with E-state index < -0.39 is 0 Å². The molecule has 0 radical (unpaired) electrons. The van der Waals surface area contributed by atoms with E-state index in [-0.39, 0.29) is 11.9 Å². The van der Waals surface area contributed by atoms with E-state index in [0.29, 0.717) is 12.1 Å². The summed E-state index contributed by atoms with van der Waals surface area (Å²) in [7, 11) is 0. The highest BCUT2D eigenvalue weighted by Crippen LogP contribution is 2.35. The molecule has 3 aromatic rings. The lowest BCUT2D eigenvalue weighted by Crippen LogP contribution is -2.37. The zero-order valence-corrected chi connectivity index (χ0v) is 15.7. The molecule has 0 bridgehead atoms. The molecular weight excluding hydrogens is 336 g/mol. The minimum atomic E-state index is -0.0536. The van der Waals surface area contributed by atoms with E-state index in [4.69, 9.17) is 4.42 Å². The van der Waals surface area contributed by atoms with Gasteiger partial charge in [-0.25, -0.2) is 0 Å². The standard InChI is InChI=1S/C23H24N2O2/c1-16-9-10-19(14-17(16)2)23(26)24-15-21(22-8-5-13-27-22)25-12-11-18-6-3-4-7-20(18)25/h3-10,13-14,21H,11-12,15H2,1-2H3,(H,24,26)/t21-/m0/s1. The smallest absolute Gasteiger partial charge is 0.251 e. The van der Waals surface area contributed by atoms with Gasteiger partial charge in [0.1, 0.15) is 11.8 Å². The molecule has 1 amide bonds. The molecular formula is C23H24N2O2. The van der Waals surface area contributed by atoms with Crippen LogP contribution in [0.15, 0.2) is 65.3 Å². The Bertz CT molecular complexity index is 947. The number of rotatable bonds is 5. The fourth-order valence-corrected chi connectivity index (χ4v) is 3.71. The molecule has 1 aliphatic rings. The third kappa shape index (κ3) is 3.47. The molecule has 4 heteroatoms. The monoisotopic (exact) mass is 360 g/mol. The molecule has 0 saturated carbocycles. The normalized spacial score (nSPS) is 14.1. The number of furan rings is 1. The maximum Gasteiger partial charge on any atom is 0.251 e. The van der Waals surface area contributed by atoms with E-state index in [2.05, 4.69) is 41.4 Å². The van der Waals surface area contributed by atoms with Crippen LogP contribution in [0.4, 0.5) is 5.69 Å². The highest BCUT2D eigenvalue weighted by molar-refractivity contribution is 5.94. The quantitative estimate of drug-likeness (QED) is 0.732. The van der Waals surface area contributed by atoms with Gasteiger partial charge in [-0.15, -0.1) is 0 Å². The molecule has 1 N–H and O–H groups in total. The maximum atomic E-state index is 12.7. The third-order valence-corrected chi connectivity index (χ3v) is 5.40. The molecule has 1 aromatic heterocycles. The number of benzene rings is 2. The highest BCUT2D eigenvalue weighted by atomic mass is 16.3. The number of hydrogen-bond acceptors (Lipinski definition) is 3. The summed E-state index contributed by atoms with van der Waals surface area (Å²) in [5.74, 6) is 0.814. The Labute approximate surface area is 159 Å². The molecule has 0 fully saturated rings. The van der Waals surface area contributed by atoms with Gasteiger partial charge in [0.15, 0.2) is 0 Å². The molecule has 0 spiro atoms. The number of carbonyl (C=O) groups is 1. The number of aryl methyl sites for hydroxylation is 2. The van der Waals surface area contributed by atoms with Crippen LogP contribution in [0.25, 0.3) is 0 Å². The Balaban J connectivity index is 1.54. The van der Waals surface area contributed by atoms with Gasteiger partial charge in [0.25, 0.3) is 5.91 Å². The molecule has 2 heterocycles. The molecule has 0 aliphatic carbocycles. The van der Waals surface area contributed by atoms with E-state index >= 15 is 0 Å². The average Bonchev–Trinajstić information content (AvgIpc) is 3.35. The Morgan fingerprint density at radius 3 is 2.74 bits per heavy atom. The van der Waals surface area contributed by atoms with Gasteiger partial charge in [-0.1, -0.05) is 24.3 Å². The van der Waals surface area contributed by atoms with Crippen LogP contribution in [-0.2, 0) is 6.42 Å². The number of carbonyl (C=O) groups excluding carboxylic acids is 1. The molecule has 1 atom stereocenters. The zero-order valence-electron chi connectivity index (χ0n) is 15.7. The van der Waals surface area contributed by atoms with Crippen LogP contribution >= 0.6 is 0 Å². The van der Waals surface area contributed by atoms with Gasteiger partial charge in [-0.05, 0) is 67.3 Å². The van der Waals surface area contributed by atoms with Gasteiger partial charge in [0, 0.05) is 24.3 Å². The minimum Gasteiger partial charge on any atom is -0.467 e. The first-order valence-electron chi connectivity index (χ1n) is 9.37. The van der Waals surface area contributed by atoms with Crippen LogP contribution in [0.3, 0.4) is 0 Å². The van der Waals surface area contributed by atoms with E-state index in [1.54, 1.807) is 6.26 Å². The number of fused-ring (bicyclic) bond motifs is 1. The molecule has 0 saturated heterocycles. The first-order valence-corrected chi connectivity index (χ1v) is 9.37. The average molecular weight is 360 g/mol. The van der Waals surface area contributed by atoms with E-state index in [1.807, 2.05) is 37.3 Å². The number of para-hydroxylation sites is 1. The summed E-state index contributed by atoms with van der Waals surface area (Å²) in [6.45, 7) is 5.49. The van der Waals surface area contributed by atoms with Gasteiger partial charge in [-0.3, -0.25) is 4.79 Å². The first-order chi connectivity index (χ1) is 13.1. The number of amides is 1. The van der Waals surface area contributed by atoms with Crippen molar-refractivity contribution < 1.29 is 9.21 Å². The van der Waals surface area contributed by atoms with E-state index in [0.717, 1.165) is 24.3 Å². The predicted octanol–water partition coefficient (Wildman–Crippen LogP) is 4.43. The second-order valence-corrected chi connectivity index (χ2v) is 7.11. The van der Waals surface area contributed by atoms with Crippen molar-refractivity contribution in [3.63, 3.8) is 0 Å². The third-order valence-electron chi connectivity index (χ3n) is 5.40. The van der Waals surface area contributed by atoms with E-state index in [9.17, 15) is 4.79 Å². The number of nitrogens with zero attached hydrogens (tertiary/aromatic N) is 1. The van der Waals surface area contributed by atoms with Crippen molar-refractivity contribution in [3.8, 4) is 0 Å². The summed E-state index contributed by atoms with van der Waals surface area (Å²) in [5, 5.41) is 3.10. The summed E-state index contributed by atoms with van der Waals surface area (Å²) >= 11 is 0. The SMILES string of the molecule is Cc1ccc(C(=O)NC[C@@H](c2ccco2)N2CCc3ccccc32)cc1C. The summed E-state index contributed by atoms with van der Waals surface area (Å²) in [6, 6.07) is 18.1. The molecule has 4 rings (SSSR count). The Morgan fingerprint density at radius 1 is 1.11 bits per heavy atom. The lowest BCUT2D eigenvalue weighted by atomic mass is 10.1. The fourth-order valence-electron chi connectivity index (χ4n) is 3.71. The molecule has 138 valence electrons. The lowest BCUT2D eigenvalue weighted by Gasteiger charge is -2.29. The van der Waals surface area contributed by atoms with Crippen LogP contribution in [0.1, 0.15) is 38.9 Å². The molecule has 0 unspecified atom stereocenters. The van der Waals surface area contributed by atoms with Gasteiger partial charge >= 0.3 is 0 Å². The minimum absolute atomic E-state index is 0.0286. The van der Waals surface area contributed by atoms with Crippen molar-refractivity contribution in [2.24, 2.45) is 0 Å². The van der Waals surface area contributed by atoms with Crippen molar-refractivity contribution in [2.75, 3.05) is 18.0 Å². The van der Waals surface area contributed by atoms with Gasteiger partial charge in [0.2, 0.25) is 0 Å². The number of hydrogen-bond donors (Lipinski definition) is 1. The van der Waals surface area contributed by atoms with Crippen molar-refractivity contribution >= 4 is 11.6 Å². The second kappa shape index (κ2) is 7.31. The van der Waals surface area contributed by atoms with Gasteiger partial charge in [0.05, 0.1) is 6.26 Å². The van der Waals surface area contributed by atoms with Gasteiger partial charge < -0.3 is 14.6 Å². The fraction of sp³-hybridized carbons (Fsp3) is 0.261. The van der Waals surface area contributed by atoms with Crippen molar-refractivity contribution in [1.82, 2.24) is 5.32 Å². The first kappa shape index (κ1) is 17.4. The van der Waals surface area contributed by atoms with Crippen molar-refractivity contribution in [2.45, 2.75) is 26.3 Å². The van der Waals surface area contributed by atoms with Crippen LogP contribution in [0.5, 0.6) is 0 Å². The molecule has 1 aliphatic heterocycles. The molecule has 27 heavy (non-hydrogen) atoms. The second-order valence-electron chi connectivity index (χ2n) is 7.11. The number of nitrogens with one attached hydrogen (secondary N) is 1. The van der Waals surface area contributed by atoms with Crippen LogP contribution in [0, 0.1) is 13.8 Å². The summed E-state index contributed by atoms with van der Waals surface area (Å²) in [4.78, 5) is 15.0. The number of anilines is 1. The Morgan fingerprint density at radius 2 is 1.96 bits per heavy atom. The summed E-state index contributed by atoms with van der Waals surface area (Å²) in [5.41, 5.74) is 5.57.